The zero-order valence-electron chi connectivity index (χ0n) is 32.9. The topological polar surface area (TPSA) is 32.3 Å². The molecular weight excluding hydrogens is 761 g/mol. The van der Waals surface area contributed by atoms with Crippen LogP contribution in [0.4, 0.5) is 11.6 Å². The van der Waals surface area contributed by atoms with Gasteiger partial charge in [-0.1, -0.05) is 206 Å². The van der Waals surface area contributed by atoms with Gasteiger partial charge in [-0.25, -0.2) is 9.97 Å². The molecule has 0 radical (unpaired) electrons. The molecule has 1 saturated heterocycles. The Bertz CT molecular complexity index is 2790. The van der Waals surface area contributed by atoms with Crippen molar-refractivity contribution in [1.82, 2.24) is 9.97 Å². The first kappa shape index (κ1) is 35.8. The lowest BCUT2D eigenvalue weighted by molar-refractivity contribution is 1.15. The van der Waals surface area contributed by atoms with E-state index in [0.717, 1.165) is 33.4 Å². The molecule has 0 aliphatic carbocycles. The van der Waals surface area contributed by atoms with Crippen molar-refractivity contribution >= 4 is 71.0 Å². The van der Waals surface area contributed by atoms with Gasteiger partial charge in [-0.3, -0.25) is 0 Å². The van der Waals surface area contributed by atoms with Gasteiger partial charge >= 0.3 is 16.8 Å². The Hall–Kier alpha value is -7.39. The second-order valence-electron chi connectivity index (χ2n) is 15.3. The van der Waals surface area contributed by atoms with Crippen molar-refractivity contribution in [2.75, 3.05) is 8.46 Å². The highest BCUT2D eigenvalue weighted by atomic mass is 28.5. The van der Waals surface area contributed by atoms with Crippen molar-refractivity contribution in [3.63, 3.8) is 0 Å². The lowest BCUT2D eigenvalue weighted by Crippen LogP contribution is -3.07. The zero-order valence-corrected chi connectivity index (χ0v) is 34.9. The highest BCUT2D eigenvalue weighted by Gasteiger charge is 2.75. The van der Waals surface area contributed by atoms with E-state index in [2.05, 4.69) is 251 Å². The van der Waals surface area contributed by atoms with Crippen molar-refractivity contribution in [3.8, 4) is 22.3 Å². The van der Waals surface area contributed by atoms with Crippen LogP contribution in [0.15, 0.2) is 243 Å². The standard InChI is InChI=1S/C54H40N4Si2/c1-7-21-41(22-8-1)47-33-19-35-51-49(47)37-39-53(55-51)57-59(43-25-11-3-12-26-43,44-27-13-4-14-28-44)58(60(57,45-29-15-5-16-30-45)46-31-17-6-18-32-46)54-40-38-50-48(34-20-36-52(50)56-54)42-23-9-2-10-24-42/h1-40H. The van der Waals surface area contributed by atoms with Crippen LogP contribution in [0.2, 0.25) is 0 Å². The highest BCUT2D eigenvalue weighted by molar-refractivity contribution is 7.38. The van der Waals surface area contributed by atoms with Crippen LogP contribution in [-0.2, 0) is 0 Å². The van der Waals surface area contributed by atoms with Crippen LogP contribution in [0.5, 0.6) is 0 Å². The number of hydrogen-bond acceptors (Lipinski definition) is 4. The first-order valence-corrected chi connectivity index (χ1v) is 24.3. The molecule has 0 N–H and O–H groups in total. The Morgan fingerprint density at radius 1 is 0.267 bits per heavy atom. The molecule has 0 saturated carbocycles. The van der Waals surface area contributed by atoms with E-state index in [1.54, 1.807) is 0 Å². The summed E-state index contributed by atoms with van der Waals surface area (Å²) in [5.74, 6) is 1.93. The molecule has 0 atom stereocenters. The Balaban J connectivity index is 1.26. The van der Waals surface area contributed by atoms with Crippen molar-refractivity contribution in [2.45, 2.75) is 0 Å². The maximum atomic E-state index is 5.75. The molecule has 10 aromatic rings. The zero-order chi connectivity index (χ0) is 39.9. The first-order chi connectivity index (χ1) is 29.8. The summed E-state index contributed by atoms with van der Waals surface area (Å²) in [6.45, 7) is 0. The van der Waals surface area contributed by atoms with E-state index in [-0.39, 0.29) is 0 Å². The number of fused-ring (bicyclic) bond motifs is 2. The number of hydrogen-bond donors (Lipinski definition) is 0. The Labute approximate surface area is 352 Å². The van der Waals surface area contributed by atoms with Gasteiger partial charge in [-0.05, 0) is 79.4 Å². The third-order valence-corrected chi connectivity index (χ3v) is 24.0. The molecule has 3 heterocycles. The van der Waals surface area contributed by atoms with Crippen LogP contribution in [0.25, 0.3) is 44.1 Å². The average Bonchev–Trinajstić information content (AvgIpc) is 3.33. The Morgan fingerprint density at radius 3 is 0.883 bits per heavy atom. The minimum Gasteiger partial charge on any atom is -0.363 e. The lowest BCUT2D eigenvalue weighted by Gasteiger charge is -2.71. The second-order valence-corrected chi connectivity index (χ2v) is 23.0. The number of anilines is 2. The van der Waals surface area contributed by atoms with Crippen molar-refractivity contribution < 1.29 is 0 Å². The molecule has 2 aromatic heterocycles. The van der Waals surface area contributed by atoms with Gasteiger partial charge in [0.25, 0.3) is 0 Å². The summed E-state index contributed by atoms with van der Waals surface area (Å²) >= 11 is 0. The Kier molecular flexibility index (Phi) is 8.80. The van der Waals surface area contributed by atoms with Gasteiger partial charge < -0.3 is 8.46 Å². The van der Waals surface area contributed by atoms with Gasteiger partial charge in [0.15, 0.2) is 0 Å². The van der Waals surface area contributed by atoms with E-state index in [1.165, 1.54) is 43.0 Å². The molecule has 0 unspecified atom stereocenters. The quantitative estimate of drug-likeness (QED) is 0.143. The molecule has 1 fully saturated rings. The fourth-order valence-corrected chi connectivity index (χ4v) is 24.6. The van der Waals surface area contributed by atoms with Crippen LogP contribution in [0.1, 0.15) is 0 Å². The molecule has 6 heteroatoms. The monoisotopic (exact) mass is 800 g/mol. The molecule has 0 bridgehead atoms. The van der Waals surface area contributed by atoms with Gasteiger partial charge in [0, 0.05) is 10.8 Å². The summed E-state index contributed by atoms with van der Waals surface area (Å²) in [5, 5.41) is 7.34. The maximum Gasteiger partial charge on any atom is 0.320 e. The summed E-state index contributed by atoms with van der Waals surface area (Å²) in [5.41, 5.74) is 6.66. The third-order valence-electron chi connectivity index (χ3n) is 12.1. The number of rotatable bonds is 8. The molecule has 60 heavy (non-hydrogen) atoms. The molecule has 0 amide bonds. The molecule has 11 rings (SSSR count). The Morgan fingerprint density at radius 2 is 0.567 bits per heavy atom. The van der Waals surface area contributed by atoms with Gasteiger partial charge in [0.1, 0.15) is 11.6 Å². The molecule has 284 valence electrons. The minimum atomic E-state index is -3.26. The number of nitrogens with zero attached hydrogens (tertiary/aromatic N) is 4. The molecule has 1 aliphatic rings. The van der Waals surface area contributed by atoms with Crippen molar-refractivity contribution in [1.29, 1.82) is 0 Å². The lowest BCUT2D eigenvalue weighted by atomic mass is 10.0. The van der Waals surface area contributed by atoms with Crippen LogP contribution in [0, 0.1) is 0 Å². The van der Waals surface area contributed by atoms with Crippen LogP contribution < -0.4 is 29.2 Å². The van der Waals surface area contributed by atoms with E-state index in [4.69, 9.17) is 9.97 Å². The van der Waals surface area contributed by atoms with E-state index < -0.39 is 16.8 Å². The summed E-state index contributed by atoms with van der Waals surface area (Å²) in [6, 6.07) is 88.2. The molecular formula is C54H40N4Si2. The van der Waals surface area contributed by atoms with E-state index in [9.17, 15) is 0 Å². The number of aromatic nitrogens is 2. The second kappa shape index (κ2) is 14.8. The molecule has 0 spiro atoms. The largest absolute Gasteiger partial charge is 0.363 e. The average molecular weight is 801 g/mol. The molecule has 4 nitrogen and oxygen atoms in total. The summed E-state index contributed by atoms with van der Waals surface area (Å²) in [4.78, 5) is 11.5. The third kappa shape index (κ3) is 5.49. The van der Waals surface area contributed by atoms with Gasteiger partial charge in [0.2, 0.25) is 0 Å². The normalized spacial score (nSPS) is 14.2. The van der Waals surface area contributed by atoms with Gasteiger partial charge in [-0.2, -0.15) is 0 Å². The van der Waals surface area contributed by atoms with E-state index in [1.807, 2.05) is 0 Å². The molecule has 8 aromatic carbocycles. The van der Waals surface area contributed by atoms with Crippen LogP contribution in [0.3, 0.4) is 0 Å². The summed E-state index contributed by atoms with van der Waals surface area (Å²) in [6.07, 6.45) is 0. The minimum absolute atomic E-state index is 0.967. The van der Waals surface area contributed by atoms with Gasteiger partial charge in [-0.15, -0.1) is 0 Å². The predicted octanol–water partition coefficient (Wildman–Crippen LogP) is 9.96. The van der Waals surface area contributed by atoms with Gasteiger partial charge in [0.05, 0.1) is 11.0 Å². The predicted molar refractivity (Wildman–Crippen MR) is 255 cm³/mol. The summed E-state index contributed by atoms with van der Waals surface area (Å²) < 4.78 is 5.66. The van der Waals surface area contributed by atoms with Crippen LogP contribution >= 0.6 is 0 Å². The highest BCUT2D eigenvalue weighted by Crippen LogP contribution is 2.45. The fourth-order valence-electron chi connectivity index (χ4n) is 9.61. The first-order valence-electron chi connectivity index (χ1n) is 20.5. The van der Waals surface area contributed by atoms with E-state index >= 15 is 0 Å². The van der Waals surface area contributed by atoms with Crippen molar-refractivity contribution in [3.05, 3.63) is 243 Å². The smallest absolute Gasteiger partial charge is 0.320 e. The maximum absolute atomic E-state index is 5.75. The number of benzene rings is 8. The fraction of sp³-hybridized carbons (Fsp3) is 0. The molecule has 1 aliphatic heterocycles. The summed E-state index contributed by atoms with van der Waals surface area (Å²) in [7, 11) is -6.53. The van der Waals surface area contributed by atoms with E-state index in [0.29, 0.717) is 0 Å². The number of pyridine rings is 2. The van der Waals surface area contributed by atoms with Crippen LogP contribution in [-0.4, -0.2) is 26.8 Å². The van der Waals surface area contributed by atoms with Crippen molar-refractivity contribution in [2.24, 2.45) is 0 Å². The SMILES string of the molecule is c1ccc(-c2cccc3nc(N4[Si](c5ccccc5)(c5ccccc5)N(c5ccc6c(-c7ccccc7)cccc6n5)[Si]4(c4ccccc4)c4ccccc4)ccc23)cc1.